The molecule has 4 aliphatic heterocycles. The number of aryl methyl sites for hydroxylation is 1. The van der Waals surface area contributed by atoms with E-state index in [1.165, 1.54) is 5.69 Å². The van der Waals surface area contributed by atoms with E-state index >= 15 is 0 Å². The summed E-state index contributed by atoms with van der Waals surface area (Å²) in [5, 5.41) is 8.84. The van der Waals surface area contributed by atoms with Gasteiger partial charge >= 0.3 is 0 Å². The molecule has 0 unspecified atom stereocenters. The molecule has 10 rings (SSSR count). The van der Waals surface area contributed by atoms with Crippen LogP contribution in [0.3, 0.4) is 0 Å². The number of carbonyl (C=O) groups is 5. The van der Waals surface area contributed by atoms with E-state index in [4.69, 9.17) is 0 Å². The van der Waals surface area contributed by atoms with Crippen LogP contribution in [0, 0.1) is 12.8 Å². The maximum Gasteiger partial charge on any atom is 0.270 e. The molecule has 17 heteroatoms. The highest BCUT2D eigenvalue weighted by Gasteiger charge is 2.46. The average Bonchev–Trinajstić information content (AvgIpc) is 3.82. The Morgan fingerprint density at radius 2 is 1.60 bits per heavy atom. The van der Waals surface area contributed by atoms with E-state index in [0.29, 0.717) is 35.1 Å². The lowest BCUT2D eigenvalue weighted by atomic mass is 9.86. The van der Waals surface area contributed by atoms with E-state index in [9.17, 15) is 24.0 Å². The second-order valence-corrected chi connectivity index (χ2v) is 17.4. The Balaban J connectivity index is 0.675. The molecule has 1 aliphatic carbocycles. The van der Waals surface area contributed by atoms with E-state index in [1.807, 2.05) is 31.5 Å². The van der Waals surface area contributed by atoms with Gasteiger partial charge in [0.1, 0.15) is 23.6 Å². The predicted octanol–water partition coefficient (Wildman–Crippen LogP) is 3.72. The number of anilines is 3. The van der Waals surface area contributed by atoms with Crippen LogP contribution in [-0.2, 0) is 16.1 Å². The smallest absolute Gasteiger partial charge is 0.270 e. The number of piperazine rings is 1. The molecule has 0 spiro atoms. The molecular weight excluding hydrogens is 801 g/mol. The quantitative estimate of drug-likeness (QED) is 0.163. The first-order valence-electron chi connectivity index (χ1n) is 22.0. The zero-order valence-corrected chi connectivity index (χ0v) is 35.2. The van der Waals surface area contributed by atoms with Gasteiger partial charge in [-0.2, -0.15) is 0 Å². The molecule has 3 N–H and O–H groups in total. The molecule has 0 bridgehead atoms. The zero-order chi connectivity index (χ0) is 43.2. The summed E-state index contributed by atoms with van der Waals surface area (Å²) in [5.41, 5.74) is 6.52. The lowest BCUT2D eigenvalue weighted by Crippen LogP contribution is -2.54. The Bertz CT molecular complexity index is 2590. The Morgan fingerprint density at radius 1 is 0.825 bits per heavy atom. The maximum absolute atomic E-state index is 13.7. The standard InChI is InChI=1S/C46H50N12O5/c1-28-4-2-6-35(51-28)43(60)52-31-22-33(23-31)57-27-50-40-41(48-26-49-42(40)57)47-24-29-8-10-32(11-9-29)55-20-18-54(19-21-55)25-30-14-16-56(17-15-30)36-7-3-5-34-39(36)46(63)58(45(34)62)37-12-13-38(59)53-44(37)61/h2-11,26-27,30-31,33,37H,12-25H2,1H3,(H,52,60)(H,47,48,49)(H,53,59,61)/t31?,33?,37-/m0/s1. The fourth-order valence-corrected chi connectivity index (χ4v) is 9.79. The first kappa shape index (κ1) is 40.3. The third-order valence-electron chi connectivity index (χ3n) is 13.4. The van der Waals surface area contributed by atoms with Crippen LogP contribution in [-0.4, -0.2) is 122 Å². The third-order valence-corrected chi connectivity index (χ3v) is 13.4. The van der Waals surface area contributed by atoms with E-state index in [0.717, 1.165) is 105 Å². The Morgan fingerprint density at radius 3 is 2.37 bits per heavy atom. The number of nitrogens with zero attached hydrogens (tertiary/aromatic N) is 9. The van der Waals surface area contributed by atoms with Crippen molar-refractivity contribution in [2.75, 3.05) is 60.9 Å². The molecule has 1 atom stereocenters. The highest BCUT2D eigenvalue weighted by molar-refractivity contribution is 6.25. The second-order valence-electron chi connectivity index (χ2n) is 17.4. The number of imidazole rings is 1. The van der Waals surface area contributed by atoms with Crippen molar-refractivity contribution in [2.24, 2.45) is 5.92 Å². The second kappa shape index (κ2) is 16.8. The van der Waals surface area contributed by atoms with Gasteiger partial charge in [0.05, 0.1) is 23.1 Å². The Labute approximate surface area is 364 Å². The molecule has 3 saturated heterocycles. The lowest BCUT2D eigenvalue weighted by Gasteiger charge is -2.40. The van der Waals surface area contributed by atoms with Crippen molar-refractivity contribution >= 4 is 57.9 Å². The van der Waals surface area contributed by atoms with Crippen LogP contribution in [0.4, 0.5) is 17.2 Å². The van der Waals surface area contributed by atoms with E-state index in [1.54, 1.807) is 24.5 Å². The molecule has 2 aromatic carbocycles. The maximum atomic E-state index is 13.7. The van der Waals surface area contributed by atoms with Crippen LogP contribution in [0.1, 0.15) is 87.0 Å². The SMILES string of the molecule is Cc1cccc(C(=O)NC2CC(n3cnc4c(NCc5ccc(N6CCN(CC7CCN(c8cccc9c8C(=O)N([C@H]8CCC(=O)NC8=O)C9=O)CC7)CC6)cc5)ncnc43)C2)n1. The summed E-state index contributed by atoms with van der Waals surface area (Å²) in [6.45, 7) is 8.94. The summed E-state index contributed by atoms with van der Waals surface area (Å²) in [5.74, 6) is -0.842. The number of hydrogen-bond acceptors (Lipinski definition) is 13. The molecule has 3 aromatic heterocycles. The number of carbonyl (C=O) groups excluding carboxylic acids is 5. The normalized spacial score (nSPS) is 22.0. The van der Waals surface area contributed by atoms with Crippen molar-refractivity contribution in [1.29, 1.82) is 0 Å². The number of fused-ring (bicyclic) bond motifs is 2. The molecule has 5 aliphatic rings. The summed E-state index contributed by atoms with van der Waals surface area (Å²) in [6, 6.07) is 18.8. The van der Waals surface area contributed by atoms with Gasteiger partial charge in [-0.25, -0.2) is 19.9 Å². The van der Waals surface area contributed by atoms with Crippen molar-refractivity contribution in [1.82, 2.24) is 44.9 Å². The molecule has 17 nitrogen and oxygen atoms in total. The number of amides is 5. The van der Waals surface area contributed by atoms with Gasteiger partial charge in [0, 0.05) is 82.2 Å². The van der Waals surface area contributed by atoms with Gasteiger partial charge in [-0.3, -0.25) is 39.1 Å². The van der Waals surface area contributed by atoms with E-state index in [2.05, 4.69) is 79.4 Å². The van der Waals surface area contributed by atoms with Gasteiger partial charge in [0.2, 0.25) is 11.8 Å². The van der Waals surface area contributed by atoms with Crippen molar-refractivity contribution in [3.8, 4) is 0 Å². The van der Waals surface area contributed by atoms with Crippen LogP contribution in [0.5, 0.6) is 0 Å². The van der Waals surface area contributed by atoms with Gasteiger partial charge < -0.3 is 25.0 Å². The van der Waals surface area contributed by atoms with Crippen LogP contribution in [0.2, 0.25) is 0 Å². The molecule has 5 aromatic rings. The van der Waals surface area contributed by atoms with Gasteiger partial charge in [0.25, 0.3) is 17.7 Å². The van der Waals surface area contributed by atoms with Gasteiger partial charge in [-0.1, -0.05) is 24.3 Å². The summed E-state index contributed by atoms with van der Waals surface area (Å²) < 4.78 is 2.08. The third kappa shape index (κ3) is 7.96. The van der Waals surface area contributed by atoms with Crippen LogP contribution in [0.15, 0.2) is 73.3 Å². The Hall–Kier alpha value is -6.75. The highest BCUT2D eigenvalue weighted by atomic mass is 16.2. The number of benzene rings is 2. The summed E-state index contributed by atoms with van der Waals surface area (Å²) in [6.07, 6.45) is 7.18. The molecule has 5 amide bonds. The first-order valence-corrected chi connectivity index (χ1v) is 22.0. The van der Waals surface area contributed by atoms with Crippen LogP contribution >= 0.6 is 0 Å². The largest absolute Gasteiger partial charge is 0.371 e. The summed E-state index contributed by atoms with van der Waals surface area (Å²) >= 11 is 0. The van der Waals surface area contributed by atoms with Crippen molar-refractivity contribution in [3.63, 3.8) is 0 Å². The molecular formula is C46H50N12O5. The summed E-state index contributed by atoms with van der Waals surface area (Å²) in [7, 11) is 0. The predicted molar refractivity (Wildman–Crippen MR) is 234 cm³/mol. The average molecular weight is 851 g/mol. The van der Waals surface area contributed by atoms with Crippen LogP contribution < -0.4 is 25.8 Å². The number of aromatic nitrogens is 5. The van der Waals surface area contributed by atoms with Crippen molar-refractivity contribution in [2.45, 2.75) is 70.1 Å². The molecule has 324 valence electrons. The molecule has 0 radical (unpaired) electrons. The van der Waals surface area contributed by atoms with Crippen LogP contribution in [0.25, 0.3) is 11.2 Å². The first-order chi connectivity index (χ1) is 30.7. The minimum atomic E-state index is -0.975. The number of hydrogen-bond donors (Lipinski definition) is 3. The number of pyridine rings is 1. The number of imide groups is 2. The fourth-order valence-electron chi connectivity index (χ4n) is 9.79. The topological polar surface area (TPSA) is 191 Å². The summed E-state index contributed by atoms with van der Waals surface area (Å²) in [4.78, 5) is 90.3. The molecule has 7 heterocycles. The fraction of sp³-hybridized carbons (Fsp3) is 0.413. The van der Waals surface area contributed by atoms with Crippen molar-refractivity contribution in [3.05, 3.63) is 101 Å². The minimum absolute atomic E-state index is 0.0718. The van der Waals surface area contributed by atoms with Crippen molar-refractivity contribution < 1.29 is 24.0 Å². The van der Waals surface area contributed by atoms with E-state index < -0.39 is 23.8 Å². The zero-order valence-electron chi connectivity index (χ0n) is 35.2. The van der Waals surface area contributed by atoms with Gasteiger partial charge in [-0.05, 0) is 86.9 Å². The van der Waals surface area contributed by atoms with E-state index in [-0.39, 0.29) is 36.7 Å². The number of piperidine rings is 2. The lowest BCUT2D eigenvalue weighted by molar-refractivity contribution is -0.136. The molecule has 4 fully saturated rings. The monoisotopic (exact) mass is 850 g/mol. The molecule has 63 heavy (non-hydrogen) atoms. The van der Waals surface area contributed by atoms with Gasteiger partial charge in [-0.15, -0.1) is 0 Å². The molecule has 1 saturated carbocycles. The number of nitrogens with one attached hydrogen (secondary N) is 3. The highest BCUT2D eigenvalue weighted by Crippen LogP contribution is 2.37. The number of rotatable bonds is 11. The van der Waals surface area contributed by atoms with Gasteiger partial charge in [0.15, 0.2) is 11.5 Å². The minimum Gasteiger partial charge on any atom is -0.371 e. The Kier molecular flexibility index (Phi) is 10.8.